The molecule has 1 unspecified atom stereocenters. The van der Waals surface area contributed by atoms with Crippen molar-refractivity contribution in [3.8, 4) is 0 Å². The number of nitrogens with one attached hydrogen (secondary N) is 1. The van der Waals surface area contributed by atoms with E-state index in [2.05, 4.69) is 10.3 Å². The summed E-state index contributed by atoms with van der Waals surface area (Å²) in [5.74, 6) is -0.245. The number of rotatable bonds is 3. The second-order valence-electron chi connectivity index (χ2n) is 1.98. The molecule has 10 heavy (non-hydrogen) atoms. The van der Waals surface area contributed by atoms with Crippen LogP contribution in [0.1, 0.15) is 13.8 Å². The second-order valence-corrected chi connectivity index (χ2v) is 1.98. The Balaban J connectivity index is 3.70. The predicted molar refractivity (Wildman–Crippen MR) is 39.1 cm³/mol. The minimum Gasteiger partial charge on any atom is -0.277 e. The van der Waals surface area contributed by atoms with Gasteiger partial charge in [-0.15, -0.1) is 0 Å². The van der Waals surface area contributed by atoms with Crippen molar-refractivity contribution in [2.45, 2.75) is 13.8 Å². The van der Waals surface area contributed by atoms with E-state index >= 15 is 0 Å². The lowest BCUT2D eigenvalue weighted by atomic mass is 10.1. The van der Waals surface area contributed by atoms with E-state index in [-0.39, 0.29) is 11.8 Å². The predicted octanol–water partition coefficient (Wildman–Crippen LogP) is 0.876. The van der Waals surface area contributed by atoms with E-state index in [9.17, 15) is 4.79 Å². The van der Waals surface area contributed by atoms with Gasteiger partial charge in [0.25, 0.3) is 0 Å². The van der Waals surface area contributed by atoms with Crippen LogP contribution in [0.4, 0.5) is 0 Å². The first-order chi connectivity index (χ1) is 4.72. The number of allylic oxidation sites excluding steroid dienone is 1. The number of amides is 1. The van der Waals surface area contributed by atoms with Gasteiger partial charge >= 0.3 is 0 Å². The van der Waals surface area contributed by atoms with Crippen LogP contribution in [0.5, 0.6) is 0 Å². The molecule has 0 aromatic heterocycles. The lowest BCUT2D eigenvalue weighted by Crippen LogP contribution is -2.26. The molecule has 0 saturated heterocycles. The lowest BCUT2D eigenvalue weighted by molar-refractivity contribution is -0.133. The summed E-state index contributed by atoms with van der Waals surface area (Å²) < 4.78 is 0. The summed E-state index contributed by atoms with van der Waals surface area (Å²) in [6.45, 7) is 3.67. The molecule has 3 nitrogen and oxygen atoms in total. The van der Waals surface area contributed by atoms with Gasteiger partial charge in [0.05, 0.1) is 13.0 Å². The Labute approximate surface area is 61.0 Å². The third-order valence-electron chi connectivity index (χ3n) is 1.10. The van der Waals surface area contributed by atoms with Crippen molar-refractivity contribution in [3.05, 3.63) is 12.2 Å². The van der Waals surface area contributed by atoms with Crippen molar-refractivity contribution in [2.24, 2.45) is 5.92 Å². The number of hydroxylamine groups is 1. The molecular formula is C7H13NO2. The quantitative estimate of drug-likeness (QED) is 0.470. The van der Waals surface area contributed by atoms with Crippen molar-refractivity contribution in [1.82, 2.24) is 5.48 Å². The van der Waals surface area contributed by atoms with Gasteiger partial charge in [0, 0.05) is 0 Å². The standard InChI is InChI=1S/C7H13NO2/c1-4-5-6(2)7(9)8-10-3/h4-6H,1-3H3,(H,8,9)/b5-4-. The van der Waals surface area contributed by atoms with Crippen LogP contribution < -0.4 is 5.48 Å². The SMILES string of the molecule is C/C=C\C(C)C(=O)NOC. The fraction of sp³-hybridized carbons (Fsp3) is 0.571. The largest absolute Gasteiger partial charge is 0.277 e. The third-order valence-corrected chi connectivity index (χ3v) is 1.10. The zero-order valence-electron chi connectivity index (χ0n) is 6.55. The number of carbonyl (C=O) groups is 1. The van der Waals surface area contributed by atoms with Crippen molar-refractivity contribution in [2.75, 3.05) is 7.11 Å². The minimum atomic E-state index is -0.124. The van der Waals surface area contributed by atoms with E-state index in [0.717, 1.165) is 0 Å². The van der Waals surface area contributed by atoms with E-state index < -0.39 is 0 Å². The fourth-order valence-corrected chi connectivity index (χ4v) is 0.570. The topological polar surface area (TPSA) is 38.3 Å². The Kier molecular flexibility index (Phi) is 4.58. The Morgan fingerprint density at radius 2 is 2.30 bits per heavy atom. The van der Waals surface area contributed by atoms with E-state index in [1.54, 1.807) is 13.0 Å². The van der Waals surface area contributed by atoms with Gasteiger partial charge < -0.3 is 0 Å². The molecule has 0 fully saturated rings. The van der Waals surface area contributed by atoms with Crippen molar-refractivity contribution in [1.29, 1.82) is 0 Å². The molecular weight excluding hydrogens is 130 g/mol. The average Bonchev–Trinajstić information content (AvgIpc) is 1.89. The first kappa shape index (κ1) is 9.17. The van der Waals surface area contributed by atoms with E-state index in [1.807, 2.05) is 13.0 Å². The number of hydrogen-bond acceptors (Lipinski definition) is 2. The Morgan fingerprint density at radius 1 is 1.70 bits per heavy atom. The Bertz CT molecular complexity index is 132. The van der Waals surface area contributed by atoms with Gasteiger partial charge in [0.1, 0.15) is 0 Å². The summed E-state index contributed by atoms with van der Waals surface area (Å²) in [4.78, 5) is 15.3. The molecule has 0 bridgehead atoms. The molecule has 0 aliphatic carbocycles. The van der Waals surface area contributed by atoms with Crippen LogP contribution in [0.15, 0.2) is 12.2 Å². The van der Waals surface area contributed by atoms with Crippen LogP contribution in [0.25, 0.3) is 0 Å². The van der Waals surface area contributed by atoms with E-state index in [4.69, 9.17) is 0 Å². The number of carbonyl (C=O) groups excluding carboxylic acids is 1. The zero-order valence-corrected chi connectivity index (χ0v) is 6.55. The second kappa shape index (κ2) is 4.99. The molecule has 1 atom stereocenters. The summed E-state index contributed by atoms with van der Waals surface area (Å²) in [6.07, 6.45) is 3.63. The van der Waals surface area contributed by atoms with E-state index in [1.165, 1.54) is 7.11 Å². The summed E-state index contributed by atoms with van der Waals surface area (Å²) in [6, 6.07) is 0. The van der Waals surface area contributed by atoms with Gasteiger partial charge in [0.2, 0.25) is 5.91 Å². The van der Waals surface area contributed by atoms with Gasteiger partial charge in [-0.1, -0.05) is 19.1 Å². The molecule has 0 aromatic rings. The summed E-state index contributed by atoms with van der Waals surface area (Å²) in [5, 5.41) is 0. The van der Waals surface area contributed by atoms with Crippen LogP contribution in [-0.4, -0.2) is 13.0 Å². The maximum Gasteiger partial charge on any atom is 0.250 e. The smallest absolute Gasteiger partial charge is 0.250 e. The van der Waals surface area contributed by atoms with Gasteiger partial charge in [-0.3, -0.25) is 9.63 Å². The molecule has 1 amide bonds. The summed E-state index contributed by atoms with van der Waals surface area (Å²) >= 11 is 0. The highest BCUT2D eigenvalue weighted by atomic mass is 16.6. The van der Waals surface area contributed by atoms with Crippen LogP contribution in [0.2, 0.25) is 0 Å². The molecule has 3 heteroatoms. The number of hydrogen-bond donors (Lipinski definition) is 1. The van der Waals surface area contributed by atoms with E-state index in [0.29, 0.717) is 0 Å². The maximum absolute atomic E-state index is 10.8. The van der Waals surface area contributed by atoms with Gasteiger partial charge in [-0.25, -0.2) is 5.48 Å². The first-order valence-electron chi connectivity index (χ1n) is 3.18. The van der Waals surface area contributed by atoms with Crippen LogP contribution in [-0.2, 0) is 9.63 Å². The molecule has 0 heterocycles. The van der Waals surface area contributed by atoms with Crippen LogP contribution >= 0.6 is 0 Å². The zero-order chi connectivity index (χ0) is 7.98. The van der Waals surface area contributed by atoms with Gasteiger partial charge in [0.15, 0.2) is 0 Å². The van der Waals surface area contributed by atoms with Crippen LogP contribution in [0.3, 0.4) is 0 Å². The minimum absolute atomic E-state index is 0.120. The Hall–Kier alpha value is -0.830. The van der Waals surface area contributed by atoms with Crippen molar-refractivity contribution in [3.63, 3.8) is 0 Å². The third kappa shape index (κ3) is 3.25. The first-order valence-corrected chi connectivity index (χ1v) is 3.18. The molecule has 0 aliphatic rings. The van der Waals surface area contributed by atoms with Gasteiger partial charge in [-0.05, 0) is 6.92 Å². The molecule has 1 N–H and O–H groups in total. The van der Waals surface area contributed by atoms with Crippen LogP contribution in [0, 0.1) is 5.92 Å². The highest BCUT2D eigenvalue weighted by molar-refractivity contribution is 5.78. The molecule has 0 saturated carbocycles. The molecule has 0 radical (unpaired) electrons. The Morgan fingerprint density at radius 3 is 2.70 bits per heavy atom. The molecule has 0 spiro atoms. The highest BCUT2D eigenvalue weighted by Gasteiger charge is 2.06. The monoisotopic (exact) mass is 143 g/mol. The normalized spacial score (nSPS) is 13.5. The molecule has 0 aromatic carbocycles. The molecule has 58 valence electrons. The lowest BCUT2D eigenvalue weighted by Gasteiger charge is -2.04. The van der Waals surface area contributed by atoms with Gasteiger partial charge in [-0.2, -0.15) is 0 Å². The maximum atomic E-state index is 10.8. The summed E-state index contributed by atoms with van der Waals surface area (Å²) in [7, 11) is 1.42. The summed E-state index contributed by atoms with van der Waals surface area (Å²) in [5.41, 5.74) is 2.24. The fourth-order valence-electron chi connectivity index (χ4n) is 0.570. The molecule has 0 aliphatic heterocycles. The highest BCUT2D eigenvalue weighted by Crippen LogP contribution is 1.95. The van der Waals surface area contributed by atoms with Crippen molar-refractivity contribution >= 4 is 5.91 Å². The van der Waals surface area contributed by atoms with Crippen molar-refractivity contribution < 1.29 is 9.63 Å². The molecule has 0 rings (SSSR count). The average molecular weight is 143 g/mol.